The van der Waals surface area contributed by atoms with Crippen molar-refractivity contribution in [2.45, 2.75) is 13.3 Å². The molecule has 0 aliphatic carbocycles. The number of nitrogens with zero attached hydrogens (tertiary/aromatic N) is 2. The summed E-state index contributed by atoms with van der Waals surface area (Å²) in [5.41, 5.74) is 3.09. The molecule has 2 aromatic carbocycles. The number of hydrogen-bond donors (Lipinski definition) is 5. The predicted molar refractivity (Wildman–Crippen MR) is 128 cm³/mol. The average molecular weight is 434 g/mol. The molecule has 0 spiro atoms. The SMILES string of the molecule is CCCNc1nc(Nc2ccc(C(=O)NC)cc2)ncc1C(=O)Nc1ccccc1NC. The van der Waals surface area contributed by atoms with Gasteiger partial charge in [-0.1, -0.05) is 19.1 Å². The molecule has 0 unspecified atom stereocenters. The lowest BCUT2D eigenvalue weighted by Crippen LogP contribution is -2.18. The summed E-state index contributed by atoms with van der Waals surface area (Å²) >= 11 is 0. The maximum Gasteiger partial charge on any atom is 0.261 e. The van der Waals surface area contributed by atoms with E-state index < -0.39 is 0 Å². The van der Waals surface area contributed by atoms with Crippen molar-refractivity contribution < 1.29 is 9.59 Å². The molecule has 0 aliphatic rings. The highest BCUT2D eigenvalue weighted by Crippen LogP contribution is 2.23. The van der Waals surface area contributed by atoms with E-state index in [1.54, 1.807) is 38.4 Å². The molecule has 1 aromatic heterocycles. The van der Waals surface area contributed by atoms with Gasteiger partial charge in [0.1, 0.15) is 11.4 Å². The topological polar surface area (TPSA) is 120 Å². The van der Waals surface area contributed by atoms with Crippen LogP contribution in [0.25, 0.3) is 0 Å². The zero-order valence-corrected chi connectivity index (χ0v) is 18.3. The Bertz CT molecular complexity index is 1080. The Hall–Kier alpha value is -4.14. The molecule has 9 heteroatoms. The molecule has 9 nitrogen and oxygen atoms in total. The third kappa shape index (κ3) is 5.51. The van der Waals surface area contributed by atoms with Crippen LogP contribution < -0.4 is 26.6 Å². The highest BCUT2D eigenvalue weighted by Gasteiger charge is 2.16. The molecule has 0 bridgehead atoms. The maximum atomic E-state index is 12.9. The van der Waals surface area contributed by atoms with E-state index in [2.05, 4.69) is 36.6 Å². The third-order valence-corrected chi connectivity index (χ3v) is 4.65. The molecule has 0 radical (unpaired) electrons. The Kier molecular flexibility index (Phi) is 7.58. The molecule has 0 saturated carbocycles. The van der Waals surface area contributed by atoms with Crippen molar-refractivity contribution in [3.05, 3.63) is 65.9 Å². The van der Waals surface area contributed by atoms with Gasteiger partial charge in [0.25, 0.3) is 11.8 Å². The number of benzene rings is 2. The van der Waals surface area contributed by atoms with Gasteiger partial charge in [-0.15, -0.1) is 0 Å². The second-order valence-corrected chi connectivity index (χ2v) is 6.91. The largest absolute Gasteiger partial charge is 0.386 e. The number of aromatic nitrogens is 2. The molecule has 3 rings (SSSR count). The lowest BCUT2D eigenvalue weighted by atomic mass is 10.2. The van der Waals surface area contributed by atoms with Gasteiger partial charge in [0.05, 0.1) is 11.4 Å². The van der Waals surface area contributed by atoms with Gasteiger partial charge in [-0.2, -0.15) is 4.98 Å². The summed E-state index contributed by atoms with van der Waals surface area (Å²) in [6, 6.07) is 14.4. The van der Waals surface area contributed by atoms with E-state index in [1.165, 1.54) is 6.20 Å². The van der Waals surface area contributed by atoms with Crippen LogP contribution >= 0.6 is 0 Å². The highest BCUT2D eigenvalue weighted by atomic mass is 16.2. The van der Waals surface area contributed by atoms with E-state index in [0.29, 0.717) is 35.1 Å². The van der Waals surface area contributed by atoms with Crippen molar-refractivity contribution in [3.63, 3.8) is 0 Å². The fourth-order valence-corrected chi connectivity index (χ4v) is 2.96. The number of para-hydroxylation sites is 2. The van der Waals surface area contributed by atoms with E-state index in [0.717, 1.165) is 17.8 Å². The van der Waals surface area contributed by atoms with Gasteiger partial charge >= 0.3 is 0 Å². The summed E-state index contributed by atoms with van der Waals surface area (Å²) in [5.74, 6) is 0.302. The smallest absolute Gasteiger partial charge is 0.261 e. The van der Waals surface area contributed by atoms with Crippen LogP contribution in [-0.2, 0) is 0 Å². The normalized spacial score (nSPS) is 10.2. The first-order valence-corrected chi connectivity index (χ1v) is 10.3. The Balaban J connectivity index is 1.82. The van der Waals surface area contributed by atoms with Crippen molar-refractivity contribution in [3.8, 4) is 0 Å². The van der Waals surface area contributed by atoms with E-state index >= 15 is 0 Å². The first-order chi connectivity index (χ1) is 15.5. The Morgan fingerprint density at radius 1 is 0.938 bits per heavy atom. The van der Waals surface area contributed by atoms with E-state index in [9.17, 15) is 9.59 Å². The Morgan fingerprint density at radius 3 is 2.31 bits per heavy atom. The van der Waals surface area contributed by atoms with Gasteiger partial charge in [-0.25, -0.2) is 4.98 Å². The van der Waals surface area contributed by atoms with Crippen LogP contribution in [0.5, 0.6) is 0 Å². The molecular weight excluding hydrogens is 406 g/mol. The fraction of sp³-hybridized carbons (Fsp3) is 0.217. The third-order valence-electron chi connectivity index (χ3n) is 4.65. The minimum Gasteiger partial charge on any atom is -0.386 e. The monoisotopic (exact) mass is 433 g/mol. The van der Waals surface area contributed by atoms with Gasteiger partial charge in [-0.05, 0) is 42.8 Å². The number of carbonyl (C=O) groups excluding carboxylic acids is 2. The van der Waals surface area contributed by atoms with Gasteiger partial charge < -0.3 is 26.6 Å². The first-order valence-electron chi connectivity index (χ1n) is 10.3. The molecule has 0 atom stereocenters. The molecule has 1 heterocycles. The average Bonchev–Trinajstić information content (AvgIpc) is 2.83. The zero-order valence-electron chi connectivity index (χ0n) is 18.3. The van der Waals surface area contributed by atoms with Gasteiger partial charge in [0, 0.05) is 38.1 Å². The second-order valence-electron chi connectivity index (χ2n) is 6.91. The summed E-state index contributed by atoms with van der Waals surface area (Å²) in [7, 11) is 3.38. The molecule has 166 valence electrons. The molecular formula is C23H27N7O2. The van der Waals surface area contributed by atoms with Crippen molar-refractivity contribution in [1.82, 2.24) is 15.3 Å². The minimum atomic E-state index is -0.312. The number of amides is 2. The number of hydrogen-bond acceptors (Lipinski definition) is 7. The summed E-state index contributed by atoms with van der Waals surface area (Å²) in [5, 5.41) is 14.8. The predicted octanol–water partition coefficient (Wildman–Crippen LogP) is 3.70. The Labute approximate surface area is 187 Å². The highest BCUT2D eigenvalue weighted by molar-refractivity contribution is 6.08. The van der Waals surface area contributed by atoms with Crippen LogP contribution in [0.3, 0.4) is 0 Å². The van der Waals surface area contributed by atoms with E-state index in [-0.39, 0.29) is 11.8 Å². The van der Waals surface area contributed by atoms with Crippen LogP contribution in [0.4, 0.5) is 28.8 Å². The van der Waals surface area contributed by atoms with Crippen molar-refractivity contribution >= 4 is 40.6 Å². The zero-order chi connectivity index (χ0) is 22.9. The lowest BCUT2D eigenvalue weighted by molar-refractivity contribution is 0.0962. The number of carbonyl (C=O) groups is 2. The first kappa shape index (κ1) is 22.5. The molecule has 2 amide bonds. The van der Waals surface area contributed by atoms with Crippen LogP contribution in [0.15, 0.2) is 54.7 Å². The number of rotatable bonds is 9. The minimum absolute atomic E-state index is 0.158. The summed E-state index contributed by atoms with van der Waals surface area (Å²) in [6.45, 7) is 2.69. The van der Waals surface area contributed by atoms with Gasteiger partial charge in [0.2, 0.25) is 5.95 Å². The van der Waals surface area contributed by atoms with E-state index in [1.807, 2.05) is 31.2 Å². The maximum absolute atomic E-state index is 12.9. The van der Waals surface area contributed by atoms with Crippen molar-refractivity contribution in [1.29, 1.82) is 0 Å². The quantitative estimate of drug-likeness (QED) is 0.349. The van der Waals surface area contributed by atoms with Crippen molar-refractivity contribution in [2.24, 2.45) is 0 Å². The number of nitrogens with one attached hydrogen (secondary N) is 5. The van der Waals surface area contributed by atoms with Gasteiger partial charge in [-0.3, -0.25) is 9.59 Å². The molecule has 0 saturated heterocycles. The van der Waals surface area contributed by atoms with Crippen LogP contribution in [0.2, 0.25) is 0 Å². The fourth-order valence-electron chi connectivity index (χ4n) is 2.96. The molecule has 0 aliphatic heterocycles. The molecule has 0 fully saturated rings. The van der Waals surface area contributed by atoms with Crippen LogP contribution in [0, 0.1) is 0 Å². The summed E-state index contributed by atoms with van der Waals surface area (Å²) in [4.78, 5) is 33.4. The summed E-state index contributed by atoms with van der Waals surface area (Å²) in [6.07, 6.45) is 2.36. The van der Waals surface area contributed by atoms with E-state index in [4.69, 9.17) is 0 Å². The van der Waals surface area contributed by atoms with Crippen LogP contribution in [0.1, 0.15) is 34.1 Å². The van der Waals surface area contributed by atoms with Crippen molar-refractivity contribution in [2.75, 3.05) is 41.9 Å². The lowest BCUT2D eigenvalue weighted by Gasteiger charge is -2.14. The van der Waals surface area contributed by atoms with Gasteiger partial charge in [0.15, 0.2) is 0 Å². The Morgan fingerprint density at radius 2 is 1.66 bits per heavy atom. The second kappa shape index (κ2) is 10.8. The van der Waals surface area contributed by atoms with Crippen LogP contribution in [-0.4, -0.2) is 42.4 Å². The standard InChI is InChI=1S/C23H27N7O2/c1-4-13-26-20-17(22(32)29-19-8-6-5-7-18(19)24-2)14-27-23(30-20)28-16-11-9-15(10-12-16)21(31)25-3/h5-12,14,24H,4,13H2,1-3H3,(H,25,31)(H,29,32)(H2,26,27,28,30). The molecule has 3 aromatic rings. The molecule has 5 N–H and O–H groups in total. The summed E-state index contributed by atoms with van der Waals surface area (Å²) < 4.78 is 0. The number of anilines is 5. The molecule has 32 heavy (non-hydrogen) atoms.